The number of carbonyl (C=O) groups is 2. The molecule has 1 aromatic heterocycles. The minimum atomic E-state index is -0.633. The van der Waals surface area contributed by atoms with Crippen LogP contribution in [0.25, 0.3) is 0 Å². The number of carbonyl (C=O) groups excluding carboxylic acids is 2. The molecule has 150 valence electrons. The summed E-state index contributed by atoms with van der Waals surface area (Å²) in [6.45, 7) is 5.96. The van der Waals surface area contributed by atoms with Gasteiger partial charge in [0.1, 0.15) is 10.8 Å². The Hall–Kier alpha value is -2.34. The highest BCUT2D eigenvalue weighted by Crippen LogP contribution is 2.38. The zero-order valence-electron chi connectivity index (χ0n) is 16.9. The van der Waals surface area contributed by atoms with Crippen LogP contribution in [0.15, 0.2) is 18.2 Å². The largest absolute Gasteiger partial charge is 0.481 e. The Bertz CT molecular complexity index is 887. The summed E-state index contributed by atoms with van der Waals surface area (Å²) >= 11 is 1.48. The van der Waals surface area contributed by atoms with Crippen LogP contribution in [0.4, 0.5) is 5.00 Å². The summed E-state index contributed by atoms with van der Waals surface area (Å²) in [6.07, 6.45) is 3.84. The van der Waals surface area contributed by atoms with Crippen LogP contribution in [0.1, 0.15) is 58.1 Å². The summed E-state index contributed by atoms with van der Waals surface area (Å²) in [7, 11) is 1.37. The maximum atomic E-state index is 12.9. The molecule has 5 nitrogen and oxygen atoms in total. The lowest BCUT2D eigenvalue weighted by Gasteiger charge is -2.18. The number of amides is 1. The van der Waals surface area contributed by atoms with Gasteiger partial charge in [0, 0.05) is 4.88 Å². The fraction of sp³-hybridized carbons (Fsp3) is 0.455. The van der Waals surface area contributed by atoms with Crippen LogP contribution in [0, 0.1) is 13.8 Å². The van der Waals surface area contributed by atoms with Gasteiger partial charge in [-0.25, -0.2) is 4.79 Å². The first kappa shape index (κ1) is 20.4. The minimum absolute atomic E-state index is 0.246. The van der Waals surface area contributed by atoms with Crippen LogP contribution in [0.2, 0.25) is 0 Å². The van der Waals surface area contributed by atoms with E-state index < -0.39 is 12.1 Å². The molecule has 1 aromatic carbocycles. The lowest BCUT2D eigenvalue weighted by atomic mass is 9.95. The van der Waals surface area contributed by atoms with E-state index in [9.17, 15) is 9.59 Å². The lowest BCUT2D eigenvalue weighted by molar-refractivity contribution is -0.122. The second kappa shape index (κ2) is 8.78. The van der Waals surface area contributed by atoms with Crippen molar-refractivity contribution in [2.45, 2.75) is 59.0 Å². The molecule has 0 bridgehead atoms. The Morgan fingerprint density at radius 1 is 1.18 bits per heavy atom. The van der Waals surface area contributed by atoms with Gasteiger partial charge in [0.15, 0.2) is 6.10 Å². The molecule has 28 heavy (non-hydrogen) atoms. The van der Waals surface area contributed by atoms with Crippen molar-refractivity contribution >= 4 is 28.2 Å². The summed E-state index contributed by atoms with van der Waals surface area (Å²) < 4.78 is 10.9. The first-order valence-corrected chi connectivity index (χ1v) is 10.5. The van der Waals surface area contributed by atoms with Gasteiger partial charge in [0.25, 0.3) is 5.91 Å². The van der Waals surface area contributed by atoms with Gasteiger partial charge < -0.3 is 14.8 Å². The van der Waals surface area contributed by atoms with Crippen molar-refractivity contribution in [1.82, 2.24) is 0 Å². The maximum absolute atomic E-state index is 12.9. The van der Waals surface area contributed by atoms with E-state index in [1.807, 2.05) is 39.0 Å². The number of hydrogen-bond donors (Lipinski definition) is 1. The third-order valence-corrected chi connectivity index (χ3v) is 6.42. The predicted molar refractivity (Wildman–Crippen MR) is 112 cm³/mol. The standard InChI is InChI=1S/C22H27NO4S/c1-5-17(27-15-11-10-13(2)14(3)12-15)20(24)23-21-19(22(25)26-4)16-8-6-7-9-18(16)28-21/h10-12,17H,5-9H2,1-4H3,(H,23,24)/t17-/m1/s1. The molecule has 1 aliphatic rings. The molecule has 0 unspecified atom stereocenters. The quantitative estimate of drug-likeness (QED) is 0.705. The van der Waals surface area contributed by atoms with Crippen LogP contribution >= 0.6 is 11.3 Å². The number of ether oxygens (including phenoxy) is 2. The molecular formula is C22H27NO4S. The monoisotopic (exact) mass is 401 g/mol. The fourth-order valence-electron chi connectivity index (χ4n) is 3.44. The molecule has 0 saturated heterocycles. The number of anilines is 1. The third-order valence-electron chi connectivity index (χ3n) is 5.22. The van der Waals surface area contributed by atoms with E-state index >= 15 is 0 Å². The molecule has 0 aliphatic heterocycles. The molecule has 1 heterocycles. The molecule has 6 heteroatoms. The maximum Gasteiger partial charge on any atom is 0.341 e. The Kier molecular flexibility index (Phi) is 6.39. The highest BCUT2D eigenvalue weighted by molar-refractivity contribution is 7.17. The summed E-state index contributed by atoms with van der Waals surface area (Å²) in [4.78, 5) is 26.4. The van der Waals surface area contributed by atoms with Crippen LogP contribution < -0.4 is 10.1 Å². The van der Waals surface area contributed by atoms with Crippen LogP contribution in [0.3, 0.4) is 0 Å². The number of hydrogen-bond acceptors (Lipinski definition) is 5. The smallest absolute Gasteiger partial charge is 0.341 e. The first-order valence-electron chi connectivity index (χ1n) is 9.72. The van der Waals surface area contributed by atoms with Gasteiger partial charge in [-0.3, -0.25) is 4.79 Å². The number of nitrogens with one attached hydrogen (secondary N) is 1. The number of methoxy groups -OCH3 is 1. The van der Waals surface area contributed by atoms with E-state index in [4.69, 9.17) is 9.47 Å². The molecule has 2 aromatic rings. The van der Waals surface area contributed by atoms with Crippen molar-refractivity contribution in [2.24, 2.45) is 0 Å². The Labute approximate surface area is 170 Å². The molecule has 0 fully saturated rings. The van der Waals surface area contributed by atoms with Crippen molar-refractivity contribution in [3.05, 3.63) is 45.3 Å². The van der Waals surface area contributed by atoms with E-state index in [-0.39, 0.29) is 5.91 Å². The summed E-state index contributed by atoms with van der Waals surface area (Å²) in [5.41, 5.74) is 3.83. The number of esters is 1. The molecular weight excluding hydrogens is 374 g/mol. The van der Waals surface area contributed by atoms with Gasteiger partial charge in [-0.1, -0.05) is 13.0 Å². The van der Waals surface area contributed by atoms with E-state index in [0.717, 1.165) is 36.8 Å². The van der Waals surface area contributed by atoms with Crippen LogP contribution in [-0.2, 0) is 22.4 Å². The second-order valence-electron chi connectivity index (χ2n) is 7.16. The van der Waals surface area contributed by atoms with Gasteiger partial charge in [-0.15, -0.1) is 11.3 Å². The number of fused-ring (bicyclic) bond motifs is 1. The molecule has 3 rings (SSSR count). The SMILES string of the molecule is CC[C@@H](Oc1ccc(C)c(C)c1)C(=O)Nc1sc2c(c1C(=O)OC)CCCC2. The summed E-state index contributed by atoms with van der Waals surface area (Å²) in [5, 5.41) is 3.51. The third kappa shape index (κ3) is 4.22. The molecule has 1 atom stereocenters. The molecule has 1 amide bonds. The van der Waals surface area contributed by atoms with Gasteiger partial charge in [0.05, 0.1) is 12.7 Å². The molecule has 0 radical (unpaired) electrons. The Balaban J connectivity index is 1.81. The fourth-order valence-corrected chi connectivity index (χ4v) is 4.72. The number of thiophene rings is 1. The average molecular weight is 402 g/mol. The Morgan fingerprint density at radius 3 is 2.61 bits per heavy atom. The van der Waals surface area contributed by atoms with Crippen molar-refractivity contribution in [3.63, 3.8) is 0 Å². The molecule has 1 N–H and O–H groups in total. The molecule has 1 aliphatic carbocycles. The molecule has 0 spiro atoms. The highest BCUT2D eigenvalue weighted by Gasteiger charge is 2.28. The van der Waals surface area contributed by atoms with E-state index in [1.54, 1.807) is 0 Å². The highest BCUT2D eigenvalue weighted by atomic mass is 32.1. The zero-order chi connectivity index (χ0) is 20.3. The zero-order valence-corrected chi connectivity index (χ0v) is 17.7. The Morgan fingerprint density at radius 2 is 1.93 bits per heavy atom. The first-order chi connectivity index (χ1) is 13.4. The topological polar surface area (TPSA) is 64.6 Å². The van der Waals surface area contributed by atoms with Crippen molar-refractivity contribution < 1.29 is 19.1 Å². The van der Waals surface area contributed by atoms with Gasteiger partial charge in [-0.2, -0.15) is 0 Å². The van der Waals surface area contributed by atoms with E-state index in [1.165, 1.54) is 28.9 Å². The average Bonchev–Trinajstić information content (AvgIpc) is 3.05. The molecule has 0 saturated carbocycles. The summed E-state index contributed by atoms with van der Waals surface area (Å²) in [6, 6.07) is 5.80. The van der Waals surface area contributed by atoms with Crippen LogP contribution in [-0.4, -0.2) is 25.1 Å². The van der Waals surface area contributed by atoms with Gasteiger partial charge in [-0.05, 0) is 74.8 Å². The lowest BCUT2D eigenvalue weighted by Crippen LogP contribution is -2.32. The number of benzene rings is 1. The van der Waals surface area contributed by atoms with Crippen molar-refractivity contribution in [3.8, 4) is 5.75 Å². The second-order valence-corrected chi connectivity index (χ2v) is 8.26. The van der Waals surface area contributed by atoms with E-state index in [2.05, 4.69) is 5.32 Å². The van der Waals surface area contributed by atoms with Crippen LogP contribution in [0.5, 0.6) is 5.75 Å². The minimum Gasteiger partial charge on any atom is -0.481 e. The number of rotatable bonds is 6. The van der Waals surface area contributed by atoms with Crippen molar-refractivity contribution in [2.75, 3.05) is 12.4 Å². The normalized spacial score (nSPS) is 14.1. The van der Waals surface area contributed by atoms with Crippen molar-refractivity contribution in [1.29, 1.82) is 0 Å². The number of aryl methyl sites for hydroxylation is 3. The summed E-state index contributed by atoms with van der Waals surface area (Å²) in [5.74, 6) is 0.0334. The van der Waals surface area contributed by atoms with Gasteiger partial charge >= 0.3 is 5.97 Å². The predicted octanol–water partition coefficient (Wildman–Crippen LogP) is 4.83. The van der Waals surface area contributed by atoms with E-state index in [0.29, 0.717) is 22.7 Å². The van der Waals surface area contributed by atoms with Gasteiger partial charge in [0.2, 0.25) is 0 Å².